The number of hydrogen-bond acceptors (Lipinski definition) is 5. The molecule has 1 N–H and O–H groups in total. The molecular weight excluding hydrogens is 242 g/mol. The Morgan fingerprint density at radius 1 is 1.32 bits per heavy atom. The maximum atomic E-state index is 5.47. The van der Waals surface area contributed by atoms with Crippen LogP contribution in [-0.4, -0.2) is 40.0 Å². The first-order valence-electron chi connectivity index (χ1n) is 6.59. The summed E-state index contributed by atoms with van der Waals surface area (Å²) in [5.74, 6) is 1.21. The molecule has 1 aromatic heterocycles. The molecule has 1 aliphatic rings. The van der Waals surface area contributed by atoms with Gasteiger partial charge in [0.1, 0.15) is 0 Å². The van der Waals surface area contributed by atoms with Crippen molar-refractivity contribution in [3.05, 3.63) is 30.3 Å². The zero-order valence-electron chi connectivity index (χ0n) is 10.7. The molecule has 1 aliphatic heterocycles. The van der Waals surface area contributed by atoms with Crippen LogP contribution in [0.4, 0.5) is 5.95 Å². The molecule has 1 fully saturated rings. The Hall–Kier alpha value is -1.95. The number of nitrogens with zero attached hydrogens (tertiary/aromatic N) is 4. The minimum Gasteiger partial charge on any atom is -0.381 e. The van der Waals surface area contributed by atoms with Gasteiger partial charge in [0.05, 0.1) is 12.3 Å². The molecule has 1 atom stereocenters. The highest BCUT2D eigenvalue weighted by Gasteiger charge is 2.15. The standard InChI is InChI=1S/C13H17N5O/c1-2-6-12(7-3-1)18-13(15-16-17-18)14-9-11-5-4-8-19-10-11/h1-3,6-7,11H,4-5,8-10H2,(H,14,15,17). The molecule has 2 heterocycles. The Morgan fingerprint density at radius 3 is 3.00 bits per heavy atom. The van der Waals surface area contributed by atoms with E-state index in [1.165, 1.54) is 6.42 Å². The lowest BCUT2D eigenvalue weighted by molar-refractivity contribution is 0.0594. The fourth-order valence-electron chi connectivity index (χ4n) is 2.24. The number of ether oxygens (including phenoxy) is 1. The second-order valence-electron chi connectivity index (χ2n) is 4.71. The van der Waals surface area contributed by atoms with E-state index >= 15 is 0 Å². The minimum absolute atomic E-state index is 0.537. The molecule has 0 radical (unpaired) electrons. The van der Waals surface area contributed by atoms with Crippen molar-refractivity contribution in [1.82, 2.24) is 20.2 Å². The van der Waals surface area contributed by atoms with Gasteiger partial charge in [0, 0.05) is 13.2 Å². The van der Waals surface area contributed by atoms with Crippen molar-refractivity contribution in [2.24, 2.45) is 5.92 Å². The van der Waals surface area contributed by atoms with E-state index in [1.54, 1.807) is 4.68 Å². The van der Waals surface area contributed by atoms with Crippen molar-refractivity contribution in [3.63, 3.8) is 0 Å². The van der Waals surface area contributed by atoms with Crippen LogP contribution in [0.2, 0.25) is 0 Å². The van der Waals surface area contributed by atoms with Crippen molar-refractivity contribution < 1.29 is 4.74 Å². The van der Waals surface area contributed by atoms with Crippen molar-refractivity contribution in [2.45, 2.75) is 12.8 Å². The third-order valence-electron chi connectivity index (χ3n) is 3.27. The molecule has 19 heavy (non-hydrogen) atoms. The van der Waals surface area contributed by atoms with E-state index in [9.17, 15) is 0 Å². The predicted molar refractivity (Wildman–Crippen MR) is 71.2 cm³/mol. The number of benzene rings is 1. The fourth-order valence-corrected chi connectivity index (χ4v) is 2.24. The molecule has 0 amide bonds. The van der Waals surface area contributed by atoms with E-state index in [0.717, 1.165) is 31.9 Å². The Labute approximate surface area is 111 Å². The number of aromatic nitrogens is 4. The van der Waals surface area contributed by atoms with Crippen molar-refractivity contribution in [1.29, 1.82) is 0 Å². The molecule has 0 aliphatic carbocycles. The Bertz CT molecular complexity index is 507. The van der Waals surface area contributed by atoms with Crippen LogP contribution in [0, 0.1) is 5.92 Å². The van der Waals surface area contributed by atoms with Gasteiger partial charge in [-0.05, 0) is 41.3 Å². The van der Waals surface area contributed by atoms with Gasteiger partial charge in [0.2, 0.25) is 5.95 Å². The zero-order chi connectivity index (χ0) is 12.9. The fraction of sp³-hybridized carbons (Fsp3) is 0.462. The predicted octanol–water partition coefficient (Wildman–Crippen LogP) is 1.50. The van der Waals surface area contributed by atoms with Crippen LogP contribution >= 0.6 is 0 Å². The lowest BCUT2D eigenvalue weighted by atomic mass is 10.0. The van der Waals surface area contributed by atoms with Crippen LogP contribution < -0.4 is 5.32 Å². The Kier molecular flexibility index (Phi) is 3.69. The average molecular weight is 259 g/mol. The summed E-state index contributed by atoms with van der Waals surface area (Å²) in [5.41, 5.74) is 0.954. The summed E-state index contributed by atoms with van der Waals surface area (Å²) in [6, 6.07) is 9.86. The SMILES string of the molecule is c1ccc(-n2nnnc2NCC2CCCOC2)cc1. The van der Waals surface area contributed by atoms with Gasteiger partial charge in [-0.1, -0.05) is 23.3 Å². The average Bonchev–Trinajstić information content (AvgIpc) is 2.95. The molecule has 1 saturated heterocycles. The van der Waals surface area contributed by atoms with Crippen LogP contribution in [0.5, 0.6) is 0 Å². The molecule has 0 saturated carbocycles. The number of rotatable bonds is 4. The van der Waals surface area contributed by atoms with E-state index < -0.39 is 0 Å². The van der Waals surface area contributed by atoms with Crippen LogP contribution in [0.15, 0.2) is 30.3 Å². The van der Waals surface area contributed by atoms with Gasteiger partial charge in [-0.25, -0.2) is 0 Å². The summed E-state index contributed by atoms with van der Waals surface area (Å²) >= 11 is 0. The molecule has 1 aromatic carbocycles. The van der Waals surface area contributed by atoms with E-state index in [1.807, 2.05) is 30.3 Å². The Balaban J connectivity index is 1.67. The quantitative estimate of drug-likeness (QED) is 0.901. The summed E-state index contributed by atoms with van der Waals surface area (Å²) in [4.78, 5) is 0. The molecular formula is C13H17N5O. The summed E-state index contributed by atoms with van der Waals surface area (Å²) < 4.78 is 7.18. The molecule has 6 nitrogen and oxygen atoms in total. The van der Waals surface area contributed by atoms with Crippen LogP contribution in [0.3, 0.4) is 0 Å². The molecule has 0 spiro atoms. The molecule has 100 valence electrons. The third kappa shape index (κ3) is 2.90. The van der Waals surface area contributed by atoms with Gasteiger partial charge in [-0.2, -0.15) is 4.68 Å². The van der Waals surface area contributed by atoms with Crippen LogP contribution in [0.25, 0.3) is 5.69 Å². The molecule has 6 heteroatoms. The van der Waals surface area contributed by atoms with Crippen molar-refractivity contribution >= 4 is 5.95 Å². The summed E-state index contributed by atoms with van der Waals surface area (Å²) in [5, 5.41) is 15.1. The number of nitrogens with one attached hydrogen (secondary N) is 1. The first-order chi connectivity index (χ1) is 9.43. The van der Waals surface area contributed by atoms with Crippen LogP contribution in [-0.2, 0) is 4.74 Å². The van der Waals surface area contributed by atoms with Gasteiger partial charge in [-0.15, -0.1) is 0 Å². The van der Waals surface area contributed by atoms with E-state index in [0.29, 0.717) is 11.9 Å². The minimum atomic E-state index is 0.537. The highest BCUT2D eigenvalue weighted by Crippen LogP contribution is 2.15. The van der Waals surface area contributed by atoms with E-state index in [-0.39, 0.29) is 0 Å². The molecule has 1 unspecified atom stereocenters. The maximum absolute atomic E-state index is 5.47. The summed E-state index contributed by atoms with van der Waals surface area (Å²) in [6.07, 6.45) is 2.33. The number of para-hydroxylation sites is 1. The van der Waals surface area contributed by atoms with E-state index in [2.05, 4.69) is 20.8 Å². The number of tetrazole rings is 1. The second kappa shape index (κ2) is 5.79. The maximum Gasteiger partial charge on any atom is 0.247 e. The monoisotopic (exact) mass is 259 g/mol. The normalized spacial score (nSPS) is 19.3. The van der Waals surface area contributed by atoms with Crippen LogP contribution in [0.1, 0.15) is 12.8 Å². The Morgan fingerprint density at radius 2 is 2.21 bits per heavy atom. The number of hydrogen-bond donors (Lipinski definition) is 1. The second-order valence-corrected chi connectivity index (χ2v) is 4.71. The zero-order valence-corrected chi connectivity index (χ0v) is 10.7. The third-order valence-corrected chi connectivity index (χ3v) is 3.27. The van der Waals surface area contributed by atoms with Gasteiger partial charge >= 0.3 is 0 Å². The van der Waals surface area contributed by atoms with E-state index in [4.69, 9.17) is 4.74 Å². The van der Waals surface area contributed by atoms with Gasteiger partial charge in [-0.3, -0.25) is 0 Å². The molecule has 3 rings (SSSR count). The van der Waals surface area contributed by atoms with Gasteiger partial charge in [0.25, 0.3) is 0 Å². The first kappa shape index (κ1) is 12.1. The highest BCUT2D eigenvalue weighted by atomic mass is 16.5. The van der Waals surface area contributed by atoms with Gasteiger partial charge < -0.3 is 10.1 Å². The lowest BCUT2D eigenvalue weighted by Crippen LogP contribution is -2.25. The van der Waals surface area contributed by atoms with Crippen molar-refractivity contribution in [2.75, 3.05) is 25.1 Å². The van der Waals surface area contributed by atoms with Crippen molar-refractivity contribution in [3.8, 4) is 5.69 Å². The highest BCUT2D eigenvalue weighted by molar-refractivity contribution is 5.38. The molecule has 0 bridgehead atoms. The lowest BCUT2D eigenvalue weighted by Gasteiger charge is -2.22. The summed E-state index contributed by atoms with van der Waals surface area (Å²) in [7, 11) is 0. The molecule has 2 aromatic rings. The number of anilines is 1. The largest absolute Gasteiger partial charge is 0.381 e. The topological polar surface area (TPSA) is 64.9 Å². The van der Waals surface area contributed by atoms with Gasteiger partial charge in [0.15, 0.2) is 0 Å². The summed E-state index contributed by atoms with van der Waals surface area (Å²) in [6.45, 7) is 2.55. The smallest absolute Gasteiger partial charge is 0.247 e. The first-order valence-corrected chi connectivity index (χ1v) is 6.59.